The average molecular weight is 470 g/mol. The standard InChI is InChI=1S/C24H22N8O3/c1-29-15-27-22-21(29)23(34)31(24(35)30(22)2)14-19(33)26-12-17-13-32(18-6-4-3-5-7-18)28-20(17)16-8-10-25-11-9-16/h3-11,13,15H,12,14H2,1-2H3,(H,26,33). The molecule has 11 nitrogen and oxygen atoms in total. The Morgan fingerprint density at radius 1 is 1.03 bits per heavy atom. The number of hydrogen-bond acceptors (Lipinski definition) is 6. The lowest BCUT2D eigenvalue weighted by Crippen LogP contribution is -2.43. The Morgan fingerprint density at radius 2 is 1.77 bits per heavy atom. The predicted molar refractivity (Wildman–Crippen MR) is 129 cm³/mol. The van der Waals surface area contributed by atoms with E-state index >= 15 is 0 Å². The minimum Gasteiger partial charge on any atom is -0.350 e. The van der Waals surface area contributed by atoms with Crippen LogP contribution in [0.3, 0.4) is 0 Å². The molecule has 5 aromatic rings. The Hall–Kier alpha value is -4.80. The number of rotatable bonds is 6. The Kier molecular flexibility index (Phi) is 5.57. The molecule has 5 rings (SSSR count). The molecule has 1 aromatic carbocycles. The number of para-hydroxylation sites is 1. The largest absolute Gasteiger partial charge is 0.350 e. The molecule has 0 aliphatic carbocycles. The van der Waals surface area contributed by atoms with Crippen molar-refractivity contribution in [2.75, 3.05) is 0 Å². The van der Waals surface area contributed by atoms with E-state index in [0.29, 0.717) is 5.69 Å². The molecule has 4 aromatic heterocycles. The number of aromatic nitrogens is 7. The van der Waals surface area contributed by atoms with Gasteiger partial charge in [-0.2, -0.15) is 5.10 Å². The fourth-order valence-corrected chi connectivity index (χ4v) is 3.93. The highest BCUT2D eigenvalue weighted by Crippen LogP contribution is 2.23. The Balaban J connectivity index is 1.43. The molecule has 0 saturated carbocycles. The van der Waals surface area contributed by atoms with Crippen LogP contribution in [0.2, 0.25) is 0 Å². The van der Waals surface area contributed by atoms with Gasteiger partial charge in [0.2, 0.25) is 5.91 Å². The summed E-state index contributed by atoms with van der Waals surface area (Å²) in [7, 11) is 3.18. The van der Waals surface area contributed by atoms with Gasteiger partial charge in [0.05, 0.1) is 17.7 Å². The molecule has 0 aliphatic rings. The maximum Gasteiger partial charge on any atom is 0.332 e. The zero-order valence-electron chi connectivity index (χ0n) is 19.1. The van der Waals surface area contributed by atoms with Crippen molar-refractivity contribution in [3.63, 3.8) is 0 Å². The number of pyridine rings is 1. The highest BCUT2D eigenvalue weighted by molar-refractivity contribution is 5.77. The van der Waals surface area contributed by atoms with Gasteiger partial charge >= 0.3 is 5.69 Å². The maximum atomic E-state index is 12.9. The fourth-order valence-electron chi connectivity index (χ4n) is 3.93. The van der Waals surface area contributed by atoms with Crippen molar-refractivity contribution in [3.8, 4) is 16.9 Å². The molecule has 0 fully saturated rings. The number of hydrogen-bond donors (Lipinski definition) is 1. The lowest BCUT2D eigenvalue weighted by atomic mass is 10.1. The first-order valence-corrected chi connectivity index (χ1v) is 10.9. The van der Waals surface area contributed by atoms with E-state index in [1.54, 1.807) is 24.1 Å². The number of amides is 1. The number of aryl methyl sites for hydroxylation is 2. The smallest absolute Gasteiger partial charge is 0.332 e. The second kappa shape index (κ2) is 8.86. The summed E-state index contributed by atoms with van der Waals surface area (Å²) in [5.41, 5.74) is 2.55. The number of fused-ring (bicyclic) bond motifs is 1. The van der Waals surface area contributed by atoms with Gasteiger partial charge in [0, 0.05) is 50.4 Å². The van der Waals surface area contributed by atoms with Gasteiger partial charge in [-0.1, -0.05) is 18.2 Å². The minimum atomic E-state index is -0.606. The number of nitrogens with zero attached hydrogens (tertiary/aromatic N) is 7. The van der Waals surface area contributed by atoms with Crippen molar-refractivity contribution in [1.82, 2.24) is 38.8 Å². The monoisotopic (exact) mass is 470 g/mol. The summed E-state index contributed by atoms with van der Waals surface area (Å²) in [6.07, 6.45) is 6.66. The Labute approximate surface area is 198 Å². The van der Waals surface area contributed by atoms with Crippen LogP contribution in [0, 0.1) is 0 Å². The lowest BCUT2D eigenvalue weighted by Gasteiger charge is -2.09. The van der Waals surface area contributed by atoms with E-state index in [-0.39, 0.29) is 17.7 Å². The van der Waals surface area contributed by atoms with Crippen LogP contribution in [0.1, 0.15) is 5.56 Å². The summed E-state index contributed by atoms with van der Waals surface area (Å²) in [6, 6.07) is 13.3. The molecule has 0 atom stereocenters. The number of carbonyl (C=O) groups excluding carboxylic acids is 1. The molecule has 0 spiro atoms. The van der Waals surface area contributed by atoms with Crippen molar-refractivity contribution in [2.45, 2.75) is 13.1 Å². The number of nitrogens with one attached hydrogen (secondary N) is 1. The van der Waals surface area contributed by atoms with E-state index in [1.807, 2.05) is 48.7 Å². The van der Waals surface area contributed by atoms with Crippen molar-refractivity contribution < 1.29 is 4.79 Å². The topological polar surface area (TPSA) is 122 Å². The maximum absolute atomic E-state index is 12.9. The first-order valence-electron chi connectivity index (χ1n) is 10.9. The number of benzene rings is 1. The normalized spacial score (nSPS) is 11.1. The van der Waals surface area contributed by atoms with E-state index in [1.165, 1.54) is 22.5 Å². The molecule has 0 unspecified atom stereocenters. The summed E-state index contributed by atoms with van der Waals surface area (Å²) in [4.78, 5) is 46.5. The van der Waals surface area contributed by atoms with Gasteiger partial charge in [-0.15, -0.1) is 0 Å². The van der Waals surface area contributed by atoms with E-state index < -0.39 is 23.7 Å². The van der Waals surface area contributed by atoms with Crippen LogP contribution in [0.5, 0.6) is 0 Å². The van der Waals surface area contributed by atoms with E-state index in [4.69, 9.17) is 5.10 Å². The van der Waals surface area contributed by atoms with Gasteiger partial charge in [0.25, 0.3) is 5.56 Å². The first kappa shape index (κ1) is 22.0. The average Bonchev–Trinajstić information content (AvgIpc) is 3.49. The third-order valence-electron chi connectivity index (χ3n) is 5.74. The fraction of sp³-hybridized carbons (Fsp3) is 0.167. The van der Waals surface area contributed by atoms with E-state index in [0.717, 1.165) is 21.4 Å². The molecule has 0 radical (unpaired) electrons. The third kappa shape index (κ3) is 4.03. The molecule has 11 heteroatoms. The molecule has 0 aliphatic heterocycles. The molecule has 0 bridgehead atoms. The highest BCUT2D eigenvalue weighted by atomic mass is 16.2. The van der Waals surface area contributed by atoms with Gasteiger partial charge in [0.15, 0.2) is 11.2 Å². The van der Waals surface area contributed by atoms with Gasteiger partial charge in [-0.3, -0.25) is 19.1 Å². The zero-order chi connectivity index (χ0) is 24.5. The zero-order valence-corrected chi connectivity index (χ0v) is 19.1. The SMILES string of the molecule is Cn1cnc2c1c(=O)n(CC(=O)NCc1cn(-c3ccccc3)nc1-c1ccncc1)c(=O)n2C. The van der Waals surface area contributed by atoms with Crippen LogP contribution in [0.4, 0.5) is 0 Å². The van der Waals surface area contributed by atoms with Crippen LogP contribution < -0.4 is 16.6 Å². The van der Waals surface area contributed by atoms with Gasteiger partial charge in [0.1, 0.15) is 6.54 Å². The number of carbonyl (C=O) groups is 1. The highest BCUT2D eigenvalue weighted by Gasteiger charge is 2.18. The molecule has 35 heavy (non-hydrogen) atoms. The van der Waals surface area contributed by atoms with Gasteiger partial charge in [-0.05, 0) is 24.3 Å². The van der Waals surface area contributed by atoms with Crippen LogP contribution in [-0.4, -0.2) is 39.4 Å². The van der Waals surface area contributed by atoms with Crippen LogP contribution >= 0.6 is 0 Å². The molecular weight excluding hydrogens is 448 g/mol. The second-order valence-corrected chi connectivity index (χ2v) is 8.06. The van der Waals surface area contributed by atoms with Crippen LogP contribution in [0.25, 0.3) is 28.1 Å². The molecule has 176 valence electrons. The minimum absolute atomic E-state index is 0.159. The van der Waals surface area contributed by atoms with Crippen LogP contribution in [-0.2, 0) is 32.0 Å². The summed E-state index contributed by atoms with van der Waals surface area (Å²) in [5.74, 6) is -0.473. The molecule has 0 saturated heterocycles. The quantitative estimate of drug-likeness (QED) is 0.395. The van der Waals surface area contributed by atoms with Gasteiger partial charge in [-0.25, -0.2) is 19.0 Å². The second-order valence-electron chi connectivity index (χ2n) is 8.06. The molecule has 4 heterocycles. The summed E-state index contributed by atoms with van der Waals surface area (Å²) < 4.78 is 5.45. The van der Waals surface area contributed by atoms with Crippen LogP contribution in [0.15, 0.2) is 77.0 Å². The Bertz CT molecular complexity index is 1650. The van der Waals surface area contributed by atoms with E-state index in [2.05, 4.69) is 15.3 Å². The van der Waals surface area contributed by atoms with Crippen molar-refractivity contribution in [3.05, 3.63) is 93.8 Å². The summed E-state index contributed by atoms with van der Waals surface area (Å²) >= 11 is 0. The van der Waals surface area contributed by atoms with E-state index in [9.17, 15) is 14.4 Å². The first-order chi connectivity index (χ1) is 16.9. The lowest BCUT2D eigenvalue weighted by molar-refractivity contribution is -0.121. The van der Waals surface area contributed by atoms with Crippen molar-refractivity contribution >= 4 is 17.1 Å². The predicted octanol–water partition coefficient (Wildman–Crippen LogP) is 0.998. The Morgan fingerprint density at radius 3 is 2.51 bits per heavy atom. The molecule has 1 N–H and O–H groups in total. The molecule has 1 amide bonds. The molecular formula is C24H22N8O3. The van der Waals surface area contributed by atoms with Crippen molar-refractivity contribution in [1.29, 1.82) is 0 Å². The number of imidazole rings is 1. The van der Waals surface area contributed by atoms with Crippen molar-refractivity contribution in [2.24, 2.45) is 14.1 Å². The summed E-state index contributed by atoms with van der Waals surface area (Å²) in [6.45, 7) is -0.254. The third-order valence-corrected chi connectivity index (χ3v) is 5.74. The summed E-state index contributed by atoms with van der Waals surface area (Å²) in [5, 5.41) is 7.52. The van der Waals surface area contributed by atoms with Gasteiger partial charge < -0.3 is 9.88 Å².